The van der Waals surface area contributed by atoms with Crippen LogP contribution in [0.5, 0.6) is 5.75 Å². The van der Waals surface area contributed by atoms with Crippen molar-refractivity contribution in [3.05, 3.63) is 53.1 Å². The van der Waals surface area contributed by atoms with Crippen LogP contribution in [-0.2, 0) is 20.3 Å². The molecule has 3 rings (SSSR count). The van der Waals surface area contributed by atoms with Gasteiger partial charge in [0.1, 0.15) is 0 Å². The van der Waals surface area contributed by atoms with Crippen molar-refractivity contribution < 1.29 is 24.1 Å². The number of methoxy groups -OCH3 is 1. The Bertz CT molecular complexity index is 936. The summed E-state index contributed by atoms with van der Waals surface area (Å²) in [5.74, 6) is -0.0864. The van der Waals surface area contributed by atoms with Crippen LogP contribution in [0.4, 0.5) is 0 Å². The quantitative estimate of drug-likeness (QED) is 0.331. The molecule has 2 aromatic rings. The van der Waals surface area contributed by atoms with Crippen LogP contribution in [0.25, 0.3) is 0 Å². The zero-order chi connectivity index (χ0) is 22.6. The molecule has 0 unspecified atom stereocenters. The molecule has 1 aliphatic rings. The van der Waals surface area contributed by atoms with Gasteiger partial charge in [-0.1, -0.05) is 0 Å². The van der Waals surface area contributed by atoms with Crippen molar-refractivity contribution in [2.75, 3.05) is 27.1 Å². The first-order valence-corrected chi connectivity index (χ1v) is 12.2. The molecule has 0 radical (unpaired) electrons. The Hall–Kier alpha value is -1.85. The molecule has 0 saturated heterocycles. The molecule has 0 fully saturated rings. The van der Waals surface area contributed by atoms with Crippen molar-refractivity contribution in [2.24, 2.45) is 0 Å². The Morgan fingerprint density at radius 3 is 2.35 bits per heavy atom. The maximum absolute atomic E-state index is 11.4. The summed E-state index contributed by atoms with van der Waals surface area (Å²) in [5, 5.41) is 9.36. The van der Waals surface area contributed by atoms with Crippen LogP contribution >= 0.6 is 0 Å². The van der Waals surface area contributed by atoms with E-state index in [2.05, 4.69) is 39.8 Å². The van der Waals surface area contributed by atoms with Gasteiger partial charge in [0.25, 0.3) is 0 Å². The summed E-state index contributed by atoms with van der Waals surface area (Å²) in [4.78, 5) is 11.4. The molecule has 0 aliphatic heterocycles. The molecule has 1 N–H and O–H groups in total. The fourth-order valence-corrected chi connectivity index (χ4v) is 5.95. The molecule has 6 heteroatoms. The molecule has 0 aromatic heterocycles. The number of carbonyl (C=O) groups is 1. The van der Waals surface area contributed by atoms with E-state index in [0.29, 0.717) is 18.8 Å². The summed E-state index contributed by atoms with van der Waals surface area (Å²) in [5.41, 5.74) is 3.17. The van der Waals surface area contributed by atoms with Crippen molar-refractivity contribution in [3.8, 4) is 5.75 Å². The van der Waals surface area contributed by atoms with Gasteiger partial charge in [0.2, 0.25) is 0 Å². The van der Waals surface area contributed by atoms with E-state index in [-0.39, 0.29) is 32.6 Å². The third-order valence-electron chi connectivity index (χ3n) is 5.96. The van der Waals surface area contributed by atoms with E-state index in [1.165, 1.54) is 11.1 Å². The molecule has 0 atom stereocenters. The molecular formula is C25H32O5Se. The van der Waals surface area contributed by atoms with Crippen molar-refractivity contribution in [2.45, 2.75) is 51.4 Å². The van der Waals surface area contributed by atoms with Crippen LogP contribution < -0.4 is 13.7 Å². The summed E-state index contributed by atoms with van der Waals surface area (Å²) in [6, 6.07) is 11.7. The second-order valence-electron chi connectivity index (χ2n) is 9.21. The summed E-state index contributed by atoms with van der Waals surface area (Å²) in [6.45, 7) is 10.3. The number of ether oxygens (including phenoxy) is 3. The zero-order valence-corrected chi connectivity index (χ0v) is 20.7. The number of carboxylic acid groups (broad SMARTS) is 1. The first-order chi connectivity index (χ1) is 14.6. The van der Waals surface area contributed by atoms with Gasteiger partial charge >= 0.3 is 191 Å². The second kappa shape index (κ2) is 9.74. The Kier molecular flexibility index (Phi) is 7.48. The van der Waals surface area contributed by atoms with Crippen LogP contribution in [0.15, 0.2) is 36.4 Å². The SMILES string of the molecule is COCCOCOc1cc2c(cc1[Se]c1cccc(C(=O)O)c1)C(C)(C)CCC2(C)C. The summed E-state index contributed by atoms with van der Waals surface area (Å²) < 4.78 is 18.8. The molecule has 0 saturated carbocycles. The Morgan fingerprint density at radius 1 is 1.03 bits per heavy atom. The normalized spacial score (nSPS) is 16.5. The van der Waals surface area contributed by atoms with Gasteiger partial charge in [0, 0.05) is 0 Å². The van der Waals surface area contributed by atoms with Gasteiger partial charge in [-0.05, 0) is 0 Å². The van der Waals surface area contributed by atoms with Gasteiger partial charge in [-0.25, -0.2) is 0 Å². The van der Waals surface area contributed by atoms with Crippen LogP contribution in [0.1, 0.15) is 62.0 Å². The van der Waals surface area contributed by atoms with E-state index >= 15 is 0 Å². The van der Waals surface area contributed by atoms with Gasteiger partial charge in [0.15, 0.2) is 0 Å². The van der Waals surface area contributed by atoms with Gasteiger partial charge in [-0.15, -0.1) is 0 Å². The Labute approximate surface area is 191 Å². The van der Waals surface area contributed by atoms with Crippen LogP contribution in [-0.4, -0.2) is 53.1 Å². The van der Waals surface area contributed by atoms with Crippen LogP contribution in [0, 0.1) is 0 Å². The van der Waals surface area contributed by atoms with E-state index in [1.807, 2.05) is 6.07 Å². The predicted octanol–water partition coefficient (Wildman–Crippen LogP) is 3.39. The summed E-state index contributed by atoms with van der Waals surface area (Å²) >= 11 is -0.0972. The summed E-state index contributed by atoms with van der Waals surface area (Å²) in [7, 11) is 1.64. The third kappa shape index (κ3) is 5.69. The van der Waals surface area contributed by atoms with Gasteiger partial charge < -0.3 is 0 Å². The van der Waals surface area contributed by atoms with E-state index in [4.69, 9.17) is 14.2 Å². The monoisotopic (exact) mass is 492 g/mol. The molecule has 2 aromatic carbocycles. The molecular weight excluding hydrogens is 459 g/mol. The Morgan fingerprint density at radius 2 is 1.71 bits per heavy atom. The van der Waals surface area contributed by atoms with E-state index in [0.717, 1.165) is 27.5 Å². The third-order valence-corrected chi connectivity index (χ3v) is 8.11. The molecule has 5 nitrogen and oxygen atoms in total. The number of hydrogen-bond acceptors (Lipinski definition) is 4. The van der Waals surface area contributed by atoms with Gasteiger partial charge in [-0.2, -0.15) is 0 Å². The Balaban J connectivity index is 1.98. The number of aromatic carboxylic acids is 1. The first-order valence-electron chi connectivity index (χ1n) is 10.5. The molecule has 1 aliphatic carbocycles. The van der Waals surface area contributed by atoms with E-state index < -0.39 is 5.97 Å². The average Bonchev–Trinajstić information content (AvgIpc) is 2.72. The molecule has 0 amide bonds. The number of benzene rings is 2. The standard InChI is InChI=1S/C25H32O5Se/c1-24(2)9-10-25(3,4)20-15-22(31-18-8-6-7-17(13-18)23(26)27)21(14-19(20)24)30-16-29-12-11-28-5/h6-8,13-15H,9-12,16H2,1-5H3,(H,26,27). The minimum absolute atomic E-state index is 0.0780. The van der Waals surface area contributed by atoms with Crippen molar-refractivity contribution in [3.63, 3.8) is 0 Å². The van der Waals surface area contributed by atoms with Crippen molar-refractivity contribution >= 4 is 29.8 Å². The van der Waals surface area contributed by atoms with Crippen LogP contribution in [0.2, 0.25) is 0 Å². The minimum atomic E-state index is -0.908. The van der Waals surface area contributed by atoms with Crippen molar-refractivity contribution in [1.29, 1.82) is 0 Å². The van der Waals surface area contributed by atoms with E-state index in [9.17, 15) is 9.90 Å². The number of hydrogen-bond donors (Lipinski definition) is 1. The molecule has 0 bridgehead atoms. The fraction of sp³-hybridized carbons (Fsp3) is 0.480. The fourth-order valence-electron chi connectivity index (χ4n) is 3.89. The van der Waals surface area contributed by atoms with E-state index in [1.54, 1.807) is 25.3 Å². The molecule has 0 heterocycles. The molecule has 0 spiro atoms. The topological polar surface area (TPSA) is 65.0 Å². The van der Waals surface area contributed by atoms with Gasteiger partial charge in [0.05, 0.1) is 0 Å². The molecule has 31 heavy (non-hydrogen) atoms. The first kappa shape index (κ1) is 23.8. The summed E-state index contributed by atoms with van der Waals surface area (Å²) in [6.07, 6.45) is 2.26. The van der Waals surface area contributed by atoms with Gasteiger partial charge in [-0.3, -0.25) is 0 Å². The van der Waals surface area contributed by atoms with Crippen LogP contribution in [0.3, 0.4) is 0 Å². The zero-order valence-electron chi connectivity index (χ0n) is 19.0. The molecule has 168 valence electrons. The number of fused-ring (bicyclic) bond motifs is 1. The maximum atomic E-state index is 11.4. The number of rotatable bonds is 9. The average molecular weight is 491 g/mol. The predicted molar refractivity (Wildman–Crippen MR) is 123 cm³/mol. The second-order valence-corrected chi connectivity index (χ2v) is 11.6. The number of carboxylic acids is 1. The van der Waals surface area contributed by atoms with Crippen molar-refractivity contribution in [1.82, 2.24) is 0 Å².